The Kier molecular flexibility index (Phi) is 12.2. The summed E-state index contributed by atoms with van der Waals surface area (Å²) in [6.07, 6.45) is 1.96. The number of thioether (sulfide) groups is 1. The molecule has 0 saturated carbocycles. The number of rotatable bonds is 9. The van der Waals surface area contributed by atoms with E-state index in [2.05, 4.69) is 24.5 Å². The number of benzene rings is 1. The molecule has 0 spiro atoms. The van der Waals surface area contributed by atoms with E-state index in [1.165, 1.54) is 12.1 Å². The molecule has 1 unspecified atom stereocenters. The summed E-state index contributed by atoms with van der Waals surface area (Å²) in [6.45, 7) is 9.96. The summed E-state index contributed by atoms with van der Waals surface area (Å²) in [5.41, 5.74) is 0. The van der Waals surface area contributed by atoms with E-state index >= 15 is 0 Å². The lowest BCUT2D eigenvalue weighted by Gasteiger charge is -2.35. The van der Waals surface area contributed by atoms with E-state index in [0.29, 0.717) is 12.3 Å². The molecule has 5 nitrogen and oxygen atoms in total. The van der Waals surface area contributed by atoms with Gasteiger partial charge < -0.3 is 20.1 Å². The monoisotopic (exact) mass is 525 g/mol. The highest BCUT2D eigenvalue weighted by molar-refractivity contribution is 14.0. The Morgan fingerprint density at radius 3 is 2.71 bits per heavy atom. The van der Waals surface area contributed by atoms with Crippen molar-refractivity contribution in [1.82, 2.24) is 10.6 Å². The fourth-order valence-electron chi connectivity index (χ4n) is 3.02. The van der Waals surface area contributed by atoms with Crippen LogP contribution in [0.15, 0.2) is 29.3 Å². The Morgan fingerprint density at radius 2 is 2.07 bits per heavy atom. The molecule has 1 fully saturated rings. The minimum absolute atomic E-state index is 0. The van der Waals surface area contributed by atoms with Crippen LogP contribution < -0.4 is 15.4 Å². The van der Waals surface area contributed by atoms with Gasteiger partial charge in [-0.3, -0.25) is 4.99 Å². The number of aliphatic imine (C=N–C) groups is 1. The maximum Gasteiger partial charge on any atom is 0.191 e. The zero-order valence-corrected chi connectivity index (χ0v) is 20.1. The second-order valence-electron chi connectivity index (χ2n) is 6.69. The number of guanidine groups is 1. The summed E-state index contributed by atoms with van der Waals surface area (Å²) in [5.74, 6) is 2.11. The van der Waals surface area contributed by atoms with Crippen LogP contribution in [0.2, 0.25) is 0 Å². The van der Waals surface area contributed by atoms with Crippen molar-refractivity contribution in [3.63, 3.8) is 0 Å². The highest BCUT2D eigenvalue weighted by Crippen LogP contribution is 2.35. The van der Waals surface area contributed by atoms with Gasteiger partial charge in [0.15, 0.2) is 5.96 Å². The number of nitrogens with one attached hydrogen (secondary N) is 2. The van der Waals surface area contributed by atoms with Crippen LogP contribution in [0.1, 0.15) is 33.6 Å². The predicted molar refractivity (Wildman–Crippen MR) is 127 cm³/mol. The Hall–Kier alpha value is -0.740. The van der Waals surface area contributed by atoms with E-state index in [4.69, 9.17) is 14.5 Å². The minimum Gasteiger partial charge on any atom is -0.489 e. The smallest absolute Gasteiger partial charge is 0.191 e. The minimum atomic E-state index is -0.294. The lowest BCUT2D eigenvalue weighted by molar-refractivity contribution is 0.0793. The van der Waals surface area contributed by atoms with Gasteiger partial charge in [-0.15, -0.1) is 24.0 Å². The van der Waals surface area contributed by atoms with Crippen LogP contribution in [0.25, 0.3) is 0 Å². The largest absolute Gasteiger partial charge is 0.489 e. The molecule has 1 aromatic carbocycles. The summed E-state index contributed by atoms with van der Waals surface area (Å²) >= 11 is 1.98. The van der Waals surface area contributed by atoms with Gasteiger partial charge in [0.05, 0.1) is 13.1 Å². The molecule has 0 radical (unpaired) electrons. The molecule has 8 heteroatoms. The van der Waals surface area contributed by atoms with Crippen molar-refractivity contribution >= 4 is 41.7 Å². The van der Waals surface area contributed by atoms with Gasteiger partial charge in [0.1, 0.15) is 17.7 Å². The first-order valence-electron chi connectivity index (χ1n) is 9.73. The van der Waals surface area contributed by atoms with Crippen molar-refractivity contribution in [3.8, 4) is 5.75 Å². The summed E-state index contributed by atoms with van der Waals surface area (Å²) in [7, 11) is 0. The van der Waals surface area contributed by atoms with Crippen LogP contribution >= 0.6 is 35.7 Å². The summed E-state index contributed by atoms with van der Waals surface area (Å²) < 4.78 is 24.7. The van der Waals surface area contributed by atoms with Crippen LogP contribution in [0, 0.1) is 5.82 Å². The van der Waals surface area contributed by atoms with Crippen molar-refractivity contribution in [3.05, 3.63) is 30.1 Å². The van der Waals surface area contributed by atoms with Gasteiger partial charge in [-0.25, -0.2) is 4.39 Å². The lowest BCUT2D eigenvalue weighted by Crippen LogP contribution is -2.43. The Balaban J connectivity index is 0.00000392. The van der Waals surface area contributed by atoms with E-state index in [9.17, 15) is 4.39 Å². The van der Waals surface area contributed by atoms with Gasteiger partial charge in [-0.2, -0.15) is 11.8 Å². The molecule has 1 heterocycles. The molecule has 1 aromatic rings. The fraction of sp³-hybridized carbons (Fsp3) is 0.650. The molecular formula is C20H33FIN3O2S. The fourth-order valence-corrected chi connectivity index (χ4v) is 4.24. The zero-order valence-electron chi connectivity index (χ0n) is 17.0. The summed E-state index contributed by atoms with van der Waals surface area (Å²) in [5, 5.41) is 6.63. The maximum absolute atomic E-state index is 13.3. The third-order valence-corrected chi connectivity index (χ3v) is 5.85. The maximum atomic E-state index is 13.3. The van der Waals surface area contributed by atoms with E-state index in [0.717, 1.165) is 50.9 Å². The first-order chi connectivity index (χ1) is 13.1. The zero-order chi connectivity index (χ0) is 19.5. The lowest BCUT2D eigenvalue weighted by atomic mass is 9.99. The highest BCUT2D eigenvalue weighted by Gasteiger charge is 2.32. The summed E-state index contributed by atoms with van der Waals surface area (Å²) in [4.78, 5) is 4.82. The number of hydrogen-bond acceptors (Lipinski definition) is 4. The molecule has 160 valence electrons. The van der Waals surface area contributed by atoms with Gasteiger partial charge in [-0.1, -0.05) is 13.0 Å². The topological polar surface area (TPSA) is 54.9 Å². The van der Waals surface area contributed by atoms with Gasteiger partial charge in [0.25, 0.3) is 0 Å². The molecule has 1 aliphatic rings. The molecule has 0 amide bonds. The summed E-state index contributed by atoms with van der Waals surface area (Å²) in [6, 6.07) is 6.21. The first-order valence-corrected chi connectivity index (χ1v) is 10.7. The van der Waals surface area contributed by atoms with Crippen LogP contribution in [-0.2, 0) is 4.74 Å². The Morgan fingerprint density at radius 1 is 1.32 bits per heavy atom. The third-order valence-electron chi connectivity index (χ3n) is 4.41. The molecule has 28 heavy (non-hydrogen) atoms. The van der Waals surface area contributed by atoms with Crippen molar-refractivity contribution in [2.75, 3.05) is 38.6 Å². The molecule has 2 N–H and O–H groups in total. The van der Waals surface area contributed by atoms with Crippen molar-refractivity contribution < 1.29 is 13.9 Å². The van der Waals surface area contributed by atoms with E-state index in [1.54, 1.807) is 12.1 Å². The van der Waals surface area contributed by atoms with E-state index < -0.39 is 0 Å². The SMILES string of the molecule is CCNC(=NCC1(SCC)CCOCC1)NCC(C)Oc1cccc(F)c1.I. The van der Waals surface area contributed by atoms with Gasteiger partial charge in [0.2, 0.25) is 0 Å². The molecule has 0 aliphatic carbocycles. The molecule has 1 atom stereocenters. The molecule has 0 bridgehead atoms. The Bertz CT molecular complexity index is 595. The molecular weight excluding hydrogens is 492 g/mol. The second-order valence-corrected chi connectivity index (χ2v) is 8.42. The van der Waals surface area contributed by atoms with Crippen molar-refractivity contribution in [2.24, 2.45) is 4.99 Å². The molecule has 2 rings (SSSR count). The van der Waals surface area contributed by atoms with Crippen molar-refractivity contribution in [2.45, 2.75) is 44.5 Å². The third kappa shape index (κ3) is 8.73. The van der Waals surface area contributed by atoms with Gasteiger partial charge in [-0.05, 0) is 44.6 Å². The average molecular weight is 525 g/mol. The van der Waals surface area contributed by atoms with Crippen molar-refractivity contribution in [1.29, 1.82) is 0 Å². The molecule has 1 saturated heterocycles. The first kappa shape index (κ1) is 25.3. The normalized spacial score (nSPS) is 17.4. The van der Waals surface area contributed by atoms with Gasteiger partial charge in [0, 0.05) is 30.6 Å². The number of hydrogen-bond donors (Lipinski definition) is 2. The van der Waals surface area contributed by atoms with Crippen LogP contribution in [0.5, 0.6) is 5.75 Å². The molecule has 0 aromatic heterocycles. The van der Waals surface area contributed by atoms with Crippen LogP contribution in [0.4, 0.5) is 4.39 Å². The Labute approximate surface area is 189 Å². The highest BCUT2D eigenvalue weighted by atomic mass is 127. The van der Waals surface area contributed by atoms with Crippen LogP contribution in [0.3, 0.4) is 0 Å². The molecule has 1 aliphatic heterocycles. The predicted octanol–water partition coefficient (Wildman–Crippen LogP) is 4.07. The quantitative estimate of drug-likeness (QED) is 0.289. The van der Waals surface area contributed by atoms with Crippen LogP contribution in [-0.4, -0.2) is 55.4 Å². The van der Waals surface area contributed by atoms with Gasteiger partial charge >= 0.3 is 0 Å². The standard InChI is InChI=1S/C20H32FN3O2S.HI/c1-4-22-19(24-15-20(27-5-2)9-11-25-12-10-20)23-14-16(3)26-18-8-6-7-17(21)13-18;/h6-8,13,16H,4-5,9-12,14-15H2,1-3H3,(H2,22,23,24);1H. The number of halogens is 2. The number of ether oxygens (including phenoxy) is 2. The average Bonchev–Trinajstić information content (AvgIpc) is 2.65. The second kappa shape index (κ2) is 13.5. The van der Waals surface area contributed by atoms with E-state index in [-0.39, 0.29) is 40.6 Å². The van der Waals surface area contributed by atoms with E-state index in [1.807, 2.05) is 18.7 Å². The number of nitrogens with zero attached hydrogens (tertiary/aromatic N) is 1.